The Morgan fingerprint density at radius 3 is 1.94 bits per heavy atom. The first-order chi connectivity index (χ1) is 7.72. The Morgan fingerprint density at radius 1 is 0.938 bits per heavy atom. The third-order valence-electron chi connectivity index (χ3n) is 2.09. The molecule has 0 aromatic carbocycles. The van der Waals surface area contributed by atoms with Crippen LogP contribution in [0.2, 0.25) is 0 Å². The van der Waals surface area contributed by atoms with Crippen LogP contribution >= 0.6 is 31.9 Å². The molecule has 0 saturated heterocycles. The Labute approximate surface area is 107 Å². The normalized spacial score (nSPS) is 20.1. The number of fused-ring (bicyclic) bond motifs is 1. The fourth-order valence-electron chi connectivity index (χ4n) is 1.36. The summed E-state index contributed by atoms with van der Waals surface area (Å²) in [5.41, 5.74) is 0. The molecule has 3 rings (SSSR count). The van der Waals surface area contributed by atoms with Crippen molar-refractivity contribution < 1.29 is 14.2 Å². The van der Waals surface area contributed by atoms with E-state index in [-0.39, 0.29) is 0 Å². The maximum absolute atomic E-state index is 5.65. The van der Waals surface area contributed by atoms with Crippen molar-refractivity contribution in [2.45, 2.75) is 5.79 Å². The molecular weight excluding hydrogens is 344 g/mol. The average Bonchev–Trinajstić information content (AvgIpc) is 2.66. The number of hydrogen-bond acceptors (Lipinski definition) is 5. The van der Waals surface area contributed by atoms with E-state index in [1.165, 1.54) is 24.9 Å². The Balaban J connectivity index is 2.08. The number of halogens is 2. The highest BCUT2D eigenvalue weighted by molar-refractivity contribution is 9.12. The maximum atomic E-state index is 5.65. The minimum atomic E-state index is -1.10. The van der Waals surface area contributed by atoms with Crippen molar-refractivity contribution in [3.63, 3.8) is 0 Å². The van der Waals surface area contributed by atoms with Gasteiger partial charge in [0.05, 0.1) is 0 Å². The van der Waals surface area contributed by atoms with Crippen LogP contribution in [0.4, 0.5) is 0 Å². The summed E-state index contributed by atoms with van der Waals surface area (Å²) in [6.07, 6.45) is 6.04. The van der Waals surface area contributed by atoms with Crippen LogP contribution in [0.3, 0.4) is 0 Å². The monoisotopic (exact) mass is 346 g/mol. The molecule has 0 saturated carbocycles. The van der Waals surface area contributed by atoms with Crippen molar-refractivity contribution in [3.8, 4) is 11.8 Å². The van der Waals surface area contributed by atoms with Gasteiger partial charge in [-0.05, 0) is 31.9 Å². The zero-order valence-electron chi connectivity index (χ0n) is 7.68. The first-order valence-corrected chi connectivity index (χ1v) is 5.88. The number of hydrogen-bond donors (Lipinski definition) is 0. The second-order valence-corrected chi connectivity index (χ2v) is 4.76. The predicted octanol–water partition coefficient (Wildman–Crippen LogP) is 2.45. The lowest BCUT2D eigenvalue weighted by Crippen LogP contribution is -2.40. The summed E-state index contributed by atoms with van der Waals surface area (Å²) < 4.78 is 17.6. The molecular formula is C9H4Br2N2O3. The molecule has 0 unspecified atom stereocenters. The van der Waals surface area contributed by atoms with E-state index >= 15 is 0 Å². The average molecular weight is 348 g/mol. The van der Waals surface area contributed by atoms with Crippen molar-refractivity contribution >= 4 is 31.9 Å². The SMILES string of the molecule is BrC1=COC=C(Br)C12Oc1nccnc1O2. The maximum Gasteiger partial charge on any atom is 0.327 e. The molecule has 0 fully saturated rings. The van der Waals surface area contributed by atoms with Gasteiger partial charge in [0.15, 0.2) is 0 Å². The van der Waals surface area contributed by atoms with E-state index in [0.29, 0.717) is 20.7 Å². The molecule has 2 aliphatic rings. The van der Waals surface area contributed by atoms with E-state index in [9.17, 15) is 0 Å². The zero-order chi connectivity index (χ0) is 11.2. The summed E-state index contributed by atoms with van der Waals surface area (Å²) in [5.74, 6) is -0.401. The Bertz CT molecular complexity index is 470. The predicted molar refractivity (Wildman–Crippen MR) is 61.1 cm³/mol. The fourth-order valence-corrected chi connectivity index (χ4v) is 2.60. The van der Waals surface area contributed by atoms with Gasteiger partial charge in [0.25, 0.3) is 11.8 Å². The van der Waals surface area contributed by atoms with E-state index in [1.54, 1.807) is 0 Å². The van der Waals surface area contributed by atoms with Gasteiger partial charge in [0.2, 0.25) is 0 Å². The van der Waals surface area contributed by atoms with Crippen LogP contribution in [-0.2, 0) is 4.74 Å². The number of ether oxygens (including phenoxy) is 3. The molecule has 2 aliphatic heterocycles. The summed E-state index contributed by atoms with van der Waals surface area (Å²) in [6.45, 7) is 0. The van der Waals surface area contributed by atoms with E-state index in [2.05, 4.69) is 41.8 Å². The molecule has 1 aromatic heterocycles. The van der Waals surface area contributed by atoms with E-state index in [1.807, 2.05) is 0 Å². The van der Waals surface area contributed by atoms with E-state index in [4.69, 9.17) is 14.2 Å². The topological polar surface area (TPSA) is 53.5 Å². The van der Waals surface area contributed by atoms with Gasteiger partial charge >= 0.3 is 5.79 Å². The minimum absolute atomic E-state index is 0.347. The lowest BCUT2D eigenvalue weighted by Gasteiger charge is -2.27. The highest BCUT2D eigenvalue weighted by atomic mass is 79.9. The Kier molecular flexibility index (Phi) is 2.18. The van der Waals surface area contributed by atoms with Gasteiger partial charge in [0, 0.05) is 12.4 Å². The van der Waals surface area contributed by atoms with Crippen molar-refractivity contribution in [2.24, 2.45) is 0 Å². The van der Waals surface area contributed by atoms with E-state index in [0.717, 1.165) is 0 Å². The number of rotatable bonds is 0. The third-order valence-corrected chi connectivity index (χ3v) is 3.50. The summed E-state index contributed by atoms with van der Waals surface area (Å²) in [5, 5.41) is 0. The molecule has 0 amide bonds. The summed E-state index contributed by atoms with van der Waals surface area (Å²) in [6, 6.07) is 0. The van der Waals surface area contributed by atoms with Gasteiger partial charge < -0.3 is 14.2 Å². The van der Waals surface area contributed by atoms with Crippen LogP contribution in [-0.4, -0.2) is 15.8 Å². The molecule has 5 nitrogen and oxygen atoms in total. The van der Waals surface area contributed by atoms with Crippen LogP contribution in [0.25, 0.3) is 0 Å². The molecule has 3 heterocycles. The van der Waals surface area contributed by atoms with Gasteiger partial charge in [-0.25, -0.2) is 9.97 Å². The zero-order valence-corrected chi connectivity index (χ0v) is 10.9. The van der Waals surface area contributed by atoms with Crippen molar-refractivity contribution in [1.82, 2.24) is 9.97 Å². The Hall–Kier alpha value is -1.08. The first-order valence-electron chi connectivity index (χ1n) is 4.29. The van der Waals surface area contributed by atoms with Crippen LogP contribution in [0.1, 0.15) is 0 Å². The standard InChI is InChI=1S/C9H4Br2N2O3/c10-5-3-14-4-6(11)9(5)15-7-8(16-9)13-2-1-12-7/h1-4H. The van der Waals surface area contributed by atoms with Gasteiger partial charge in [-0.3, -0.25) is 0 Å². The number of nitrogens with zero attached hydrogens (tertiary/aromatic N) is 2. The minimum Gasteiger partial charge on any atom is -0.470 e. The summed E-state index contributed by atoms with van der Waals surface area (Å²) >= 11 is 6.66. The molecule has 7 heteroatoms. The van der Waals surface area contributed by atoms with Crippen molar-refractivity contribution in [3.05, 3.63) is 33.9 Å². The van der Waals surface area contributed by atoms with E-state index < -0.39 is 5.79 Å². The largest absolute Gasteiger partial charge is 0.470 e. The molecule has 1 spiro atoms. The van der Waals surface area contributed by atoms with Crippen molar-refractivity contribution in [2.75, 3.05) is 0 Å². The lowest BCUT2D eigenvalue weighted by atomic mass is 10.2. The highest BCUT2D eigenvalue weighted by Crippen LogP contribution is 2.47. The molecule has 0 aliphatic carbocycles. The summed E-state index contributed by atoms with van der Waals surface area (Å²) in [7, 11) is 0. The molecule has 0 bridgehead atoms. The lowest BCUT2D eigenvalue weighted by molar-refractivity contribution is -0.00283. The smallest absolute Gasteiger partial charge is 0.327 e. The second-order valence-electron chi connectivity index (χ2n) is 3.06. The van der Waals surface area contributed by atoms with Crippen LogP contribution < -0.4 is 9.47 Å². The number of aromatic nitrogens is 2. The molecule has 0 atom stereocenters. The van der Waals surface area contributed by atoms with Gasteiger partial charge in [-0.2, -0.15) is 0 Å². The quantitative estimate of drug-likeness (QED) is 0.721. The molecule has 82 valence electrons. The first kappa shape index (κ1) is 10.1. The van der Waals surface area contributed by atoms with Gasteiger partial charge in [-0.15, -0.1) is 0 Å². The fraction of sp³-hybridized carbons (Fsp3) is 0.111. The molecule has 1 aromatic rings. The second kappa shape index (κ2) is 3.46. The highest BCUT2D eigenvalue weighted by Gasteiger charge is 2.51. The van der Waals surface area contributed by atoms with Crippen molar-refractivity contribution in [1.29, 1.82) is 0 Å². The van der Waals surface area contributed by atoms with Crippen LogP contribution in [0.5, 0.6) is 11.8 Å². The molecule has 16 heavy (non-hydrogen) atoms. The van der Waals surface area contributed by atoms with Crippen LogP contribution in [0.15, 0.2) is 33.9 Å². The molecule has 0 N–H and O–H groups in total. The summed E-state index contributed by atoms with van der Waals surface area (Å²) in [4.78, 5) is 8.06. The third kappa shape index (κ3) is 1.28. The molecule has 0 radical (unpaired) electrons. The Morgan fingerprint density at radius 2 is 1.44 bits per heavy atom. The van der Waals surface area contributed by atoms with Crippen LogP contribution in [0, 0.1) is 0 Å². The van der Waals surface area contributed by atoms with Gasteiger partial charge in [-0.1, -0.05) is 0 Å². The van der Waals surface area contributed by atoms with Gasteiger partial charge in [0.1, 0.15) is 21.5 Å².